The summed E-state index contributed by atoms with van der Waals surface area (Å²) in [6.07, 6.45) is 49.6. The van der Waals surface area contributed by atoms with Gasteiger partial charge in [0.2, 0.25) is 5.91 Å². The van der Waals surface area contributed by atoms with Crippen molar-refractivity contribution in [3.05, 3.63) is 12.2 Å². The smallest absolute Gasteiger partial charge is 0.249 e. The fourth-order valence-corrected chi connectivity index (χ4v) is 7.25. The summed E-state index contributed by atoms with van der Waals surface area (Å²) in [6, 6.07) is -0.792. The molecular weight excluding hydrogens is 631 g/mol. The highest BCUT2D eigenvalue weighted by Gasteiger charge is 2.22. The van der Waals surface area contributed by atoms with Gasteiger partial charge in [-0.25, -0.2) is 0 Å². The summed E-state index contributed by atoms with van der Waals surface area (Å²) in [7, 11) is 0. The van der Waals surface area contributed by atoms with Crippen LogP contribution in [0.1, 0.15) is 251 Å². The van der Waals surface area contributed by atoms with Crippen molar-refractivity contribution in [2.24, 2.45) is 0 Å². The van der Waals surface area contributed by atoms with E-state index < -0.39 is 24.2 Å². The Bertz CT molecular complexity index is 713. The lowest BCUT2D eigenvalue weighted by molar-refractivity contribution is -0.131. The van der Waals surface area contributed by atoms with Crippen LogP contribution in [0.3, 0.4) is 0 Å². The molecule has 304 valence electrons. The monoisotopic (exact) mass is 722 g/mol. The normalized spacial score (nSPS) is 13.6. The van der Waals surface area contributed by atoms with Crippen molar-refractivity contribution in [3.63, 3.8) is 0 Å². The topological polar surface area (TPSA) is 89.8 Å². The van der Waals surface area contributed by atoms with E-state index in [1.165, 1.54) is 199 Å². The van der Waals surface area contributed by atoms with Crippen molar-refractivity contribution in [1.29, 1.82) is 0 Å². The van der Waals surface area contributed by atoms with E-state index >= 15 is 0 Å². The first-order chi connectivity index (χ1) is 25.1. The molecule has 5 nitrogen and oxygen atoms in total. The van der Waals surface area contributed by atoms with E-state index in [-0.39, 0.29) is 6.61 Å². The predicted molar refractivity (Wildman–Crippen MR) is 222 cm³/mol. The molecule has 0 aliphatic rings. The largest absolute Gasteiger partial charge is 0.394 e. The minimum atomic E-state index is -1.09. The molecule has 4 N–H and O–H groups in total. The fraction of sp³-hybridized carbons (Fsp3) is 0.935. The molecule has 0 saturated heterocycles. The summed E-state index contributed by atoms with van der Waals surface area (Å²) < 4.78 is 0. The van der Waals surface area contributed by atoms with Crippen LogP contribution < -0.4 is 5.32 Å². The van der Waals surface area contributed by atoms with Crippen LogP contribution in [-0.2, 0) is 4.79 Å². The van der Waals surface area contributed by atoms with Gasteiger partial charge >= 0.3 is 0 Å². The molecule has 0 saturated carbocycles. The number of hydrogen-bond acceptors (Lipinski definition) is 4. The second-order valence-electron chi connectivity index (χ2n) is 16.0. The molecule has 3 atom stereocenters. The third-order valence-electron chi connectivity index (χ3n) is 10.9. The number of aliphatic hydroxyl groups is 3. The zero-order chi connectivity index (χ0) is 37.3. The molecule has 0 heterocycles. The van der Waals surface area contributed by atoms with Crippen molar-refractivity contribution in [1.82, 2.24) is 5.32 Å². The molecule has 0 rings (SSSR count). The van der Waals surface area contributed by atoms with Crippen molar-refractivity contribution < 1.29 is 20.1 Å². The number of hydrogen-bond donors (Lipinski definition) is 4. The molecule has 3 unspecified atom stereocenters. The van der Waals surface area contributed by atoms with Gasteiger partial charge in [0.1, 0.15) is 6.10 Å². The zero-order valence-corrected chi connectivity index (χ0v) is 34.5. The minimum Gasteiger partial charge on any atom is -0.394 e. The van der Waals surface area contributed by atoms with Crippen molar-refractivity contribution in [3.8, 4) is 0 Å². The summed E-state index contributed by atoms with van der Waals surface area (Å²) >= 11 is 0. The van der Waals surface area contributed by atoms with E-state index in [1.807, 2.05) is 6.08 Å². The van der Waals surface area contributed by atoms with Crippen LogP contribution in [0.2, 0.25) is 0 Å². The Hall–Kier alpha value is -0.910. The quantitative estimate of drug-likeness (QED) is 0.0373. The first-order valence-electron chi connectivity index (χ1n) is 23.0. The number of amides is 1. The van der Waals surface area contributed by atoms with Gasteiger partial charge in [0.05, 0.1) is 18.8 Å². The Balaban J connectivity index is 3.61. The molecule has 0 radical (unpaired) electrons. The molecule has 0 spiro atoms. The second kappa shape index (κ2) is 41.8. The van der Waals surface area contributed by atoms with Gasteiger partial charge < -0.3 is 20.6 Å². The second-order valence-corrected chi connectivity index (χ2v) is 16.0. The molecule has 0 aromatic carbocycles. The minimum absolute atomic E-state index is 0.359. The standard InChI is InChI=1S/C46H91NO4/c1-3-5-7-9-11-13-15-17-19-21-22-23-24-25-27-29-31-33-35-37-39-41-45(50)46(51)47-43(42-48)44(49)40-38-36-34-32-30-28-26-20-18-16-14-12-10-8-6-4-2/h38,40,43-45,48-50H,3-37,39,41-42H2,1-2H3,(H,47,51)/b40-38+. The predicted octanol–water partition coefficient (Wildman–Crippen LogP) is 13.2. The van der Waals surface area contributed by atoms with Gasteiger partial charge in [-0.2, -0.15) is 0 Å². The van der Waals surface area contributed by atoms with E-state index in [0.29, 0.717) is 6.42 Å². The third-order valence-corrected chi connectivity index (χ3v) is 10.9. The van der Waals surface area contributed by atoms with Gasteiger partial charge in [0.15, 0.2) is 0 Å². The first-order valence-corrected chi connectivity index (χ1v) is 23.0. The molecule has 0 aliphatic carbocycles. The highest BCUT2D eigenvalue weighted by atomic mass is 16.3. The third kappa shape index (κ3) is 37.2. The average molecular weight is 722 g/mol. The van der Waals surface area contributed by atoms with Crippen LogP contribution in [0.4, 0.5) is 0 Å². The van der Waals surface area contributed by atoms with Crippen LogP contribution in [0, 0.1) is 0 Å². The summed E-state index contributed by atoms with van der Waals surface area (Å²) in [6.45, 7) is 4.20. The summed E-state index contributed by atoms with van der Waals surface area (Å²) in [4.78, 5) is 12.5. The van der Waals surface area contributed by atoms with Gasteiger partial charge in [-0.3, -0.25) is 4.79 Å². The molecule has 0 aromatic heterocycles. The Morgan fingerprint density at radius 3 is 1.08 bits per heavy atom. The van der Waals surface area contributed by atoms with E-state index in [1.54, 1.807) is 6.08 Å². The van der Waals surface area contributed by atoms with Crippen molar-refractivity contribution >= 4 is 5.91 Å². The fourth-order valence-electron chi connectivity index (χ4n) is 7.25. The van der Waals surface area contributed by atoms with E-state index in [2.05, 4.69) is 19.2 Å². The van der Waals surface area contributed by atoms with E-state index in [4.69, 9.17) is 0 Å². The molecule has 0 bridgehead atoms. The molecule has 0 aliphatic heterocycles. The summed E-state index contributed by atoms with van der Waals surface area (Å²) in [5.74, 6) is -0.498. The molecule has 0 aromatic rings. The van der Waals surface area contributed by atoms with Crippen LogP contribution in [0.15, 0.2) is 12.2 Å². The highest BCUT2D eigenvalue weighted by molar-refractivity contribution is 5.80. The van der Waals surface area contributed by atoms with Crippen molar-refractivity contribution in [2.75, 3.05) is 6.61 Å². The number of allylic oxidation sites excluding steroid dienone is 1. The highest BCUT2D eigenvalue weighted by Crippen LogP contribution is 2.17. The maximum absolute atomic E-state index is 12.5. The molecule has 0 fully saturated rings. The average Bonchev–Trinajstić information content (AvgIpc) is 3.13. The number of aliphatic hydroxyl groups excluding tert-OH is 3. The zero-order valence-electron chi connectivity index (χ0n) is 34.5. The first kappa shape index (κ1) is 50.1. The van der Waals surface area contributed by atoms with Crippen LogP contribution in [0.5, 0.6) is 0 Å². The maximum Gasteiger partial charge on any atom is 0.249 e. The van der Waals surface area contributed by atoms with Crippen molar-refractivity contribution in [2.45, 2.75) is 270 Å². The van der Waals surface area contributed by atoms with Crippen LogP contribution in [-0.4, -0.2) is 46.1 Å². The lowest BCUT2D eigenvalue weighted by Crippen LogP contribution is -2.48. The molecule has 1 amide bonds. The van der Waals surface area contributed by atoms with Gasteiger partial charge in [0, 0.05) is 0 Å². The Morgan fingerprint density at radius 2 is 0.765 bits per heavy atom. The summed E-state index contributed by atoms with van der Waals surface area (Å²) in [5, 5.41) is 33.2. The van der Waals surface area contributed by atoms with E-state index in [9.17, 15) is 20.1 Å². The maximum atomic E-state index is 12.5. The molecule has 51 heavy (non-hydrogen) atoms. The summed E-state index contributed by atoms with van der Waals surface area (Å²) in [5.41, 5.74) is 0. The lowest BCUT2D eigenvalue weighted by atomic mass is 10.0. The van der Waals surface area contributed by atoms with Crippen LogP contribution >= 0.6 is 0 Å². The van der Waals surface area contributed by atoms with Crippen LogP contribution in [0.25, 0.3) is 0 Å². The lowest BCUT2D eigenvalue weighted by Gasteiger charge is -2.21. The Labute approximate surface area is 319 Å². The van der Waals surface area contributed by atoms with Gasteiger partial charge in [-0.15, -0.1) is 0 Å². The van der Waals surface area contributed by atoms with Gasteiger partial charge in [-0.1, -0.05) is 244 Å². The Kier molecular flexibility index (Phi) is 41.1. The molecule has 5 heteroatoms. The number of carbonyl (C=O) groups is 1. The number of nitrogens with one attached hydrogen (secondary N) is 1. The number of rotatable bonds is 42. The SMILES string of the molecule is CCCCCCCCCCCCCCCC/C=C/C(O)C(CO)NC(=O)C(O)CCCCCCCCCCCCCCCCCCCCCCC. The Morgan fingerprint density at radius 1 is 0.471 bits per heavy atom. The number of unbranched alkanes of at least 4 members (excludes halogenated alkanes) is 34. The van der Waals surface area contributed by atoms with E-state index in [0.717, 1.165) is 32.1 Å². The molecular formula is C46H91NO4. The van der Waals surface area contributed by atoms with Gasteiger partial charge in [-0.05, 0) is 19.3 Å². The number of carbonyl (C=O) groups excluding carboxylic acids is 1. The van der Waals surface area contributed by atoms with Gasteiger partial charge in [0.25, 0.3) is 0 Å².